The van der Waals surface area contributed by atoms with E-state index in [1.54, 1.807) is 12.1 Å². The molecule has 1 aromatic heterocycles. The quantitative estimate of drug-likeness (QED) is 0.928. The van der Waals surface area contributed by atoms with Crippen molar-refractivity contribution in [3.05, 3.63) is 52.0 Å². The molecule has 0 fully saturated rings. The average molecular weight is 271 g/mol. The van der Waals surface area contributed by atoms with Gasteiger partial charge in [0.15, 0.2) is 0 Å². The lowest BCUT2D eigenvalue weighted by atomic mass is 10.00. The Balaban J connectivity index is 2.00. The van der Waals surface area contributed by atoms with E-state index in [0.29, 0.717) is 12.1 Å². The molecule has 0 bridgehead atoms. The topological polar surface area (TPSA) is 65.8 Å². The summed E-state index contributed by atoms with van der Waals surface area (Å²) in [5.74, 6) is -1.07. The summed E-state index contributed by atoms with van der Waals surface area (Å²) in [4.78, 5) is 16.3. The Kier molecular flexibility index (Phi) is 4.26. The van der Waals surface area contributed by atoms with E-state index in [0.717, 1.165) is 10.7 Å². The number of rotatable bonds is 4. The number of nitriles is 1. The van der Waals surface area contributed by atoms with Gasteiger partial charge in [0, 0.05) is 5.38 Å². The molecular formula is C14H13N3OS. The maximum absolute atomic E-state index is 12.0. The average Bonchev–Trinajstić information content (AvgIpc) is 2.84. The fraction of sp³-hybridized carbons (Fsp3) is 0.214. The van der Waals surface area contributed by atoms with Gasteiger partial charge in [0.25, 0.3) is 0 Å². The van der Waals surface area contributed by atoms with Crippen LogP contribution >= 0.6 is 11.3 Å². The van der Waals surface area contributed by atoms with Gasteiger partial charge in [-0.15, -0.1) is 11.3 Å². The summed E-state index contributed by atoms with van der Waals surface area (Å²) in [6, 6.07) is 11.1. The number of amides is 1. The molecule has 0 saturated carbocycles. The molecule has 1 aromatic carbocycles. The SMILES string of the molecule is Cc1nc(CNC(=O)C(C#N)c2ccccc2)cs1. The first-order valence-electron chi connectivity index (χ1n) is 5.84. The maximum atomic E-state index is 12.0. The summed E-state index contributed by atoms with van der Waals surface area (Å²) < 4.78 is 0. The van der Waals surface area contributed by atoms with Gasteiger partial charge in [0.2, 0.25) is 5.91 Å². The zero-order valence-corrected chi connectivity index (χ0v) is 11.3. The van der Waals surface area contributed by atoms with Crippen molar-refractivity contribution in [2.45, 2.75) is 19.4 Å². The second kappa shape index (κ2) is 6.12. The highest BCUT2D eigenvalue weighted by molar-refractivity contribution is 7.09. The lowest BCUT2D eigenvalue weighted by molar-refractivity contribution is -0.121. The Labute approximate surface area is 115 Å². The van der Waals surface area contributed by atoms with Crippen LogP contribution < -0.4 is 5.32 Å². The number of aromatic nitrogens is 1. The van der Waals surface area contributed by atoms with Crippen molar-refractivity contribution in [3.63, 3.8) is 0 Å². The van der Waals surface area contributed by atoms with E-state index in [4.69, 9.17) is 5.26 Å². The molecule has 1 N–H and O–H groups in total. The van der Waals surface area contributed by atoms with E-state index < -0.39 is 5.92 Å². The molecular weight excluding hydrogens is 258 g/mol. The molecule has 5 heteroatoms. The summed E-state index contributed by atoms with van der Waals surface area (Å²) in [6.07, 6.45) is 0. The first-order chi connectivity index (χ1) is 9.20. The van der Waals surface area contributed by atoms with Crippen LogP contribution in [-0.4, -0.2) is 10.9 Å². The predicted molar refractivity (Wildman–Crippen MR) is 73.5 cm³/mol. The summed E-state index contributed by atoms with van der Waals surface area (Å²) in [5, 5.41) is 14.7. The molecule has 96 valence electrons. The summed E-state index contributed by atoms with van der Waals surface area (Å²) in [5.41, 5.74) is 1.53. The third-order valence-electron chi connectivity index (χ3n) is 2.63. The Morgan fingerprint density at radius 1 is 1.47 bits per heavy atom. The molecule has 1 heterocycles. The standard InChI is InChI=1S/C14H13N3OS/c1-10-17-12(9-19-10)8-16-14(18)13(7-15)11-5-3-2-4-6-11/h2-6,9,13H,8H2,1H3,(H,16,18). The van der Waals surface area contributed by atoms with Crippen molar-refractivity contribution in [1.82, 2.24) is 10.3 Å². The van der Waals surface area contributed by atoms with Crippen molar-refractivity contribution in [2.24, 2.45) is 0 Å². The Bertz CT molecular complexity index is 601. The second-order valence-corrected chi connectivity index (χ2v) is 5.11. The van der Waals surface area contributed by atoms with Gasteiger partial charge in [-0.05, 0) is 12.5 Å². The molecule has 1 atom stereocenters. The molecule has 2 aromatic rings. The number of nitrogens with one attached hydrogen (secondary N) is 1. The number of nitrogens with zero attached hydrogens (tertiary/aromatic N) is 2. The lowest BCUT2D eigenvalue weighted by Gasteiger charge is -2.09. The number of hydrogen-bond donors (Lipinski definition) is 1. The van der Waals surface area contributed by atoms with Crippen molar-refractivity contribution in [1.29, 1.82) is 5.26 Å². The molecule has 0 saturated heterocycles. The van der Waals surface area contributed by atoms with Crippen LogP contribution in [0.2, 0.25) is 0 Å². The van der Waals surface area contributed by atoms with Crippen LogP contribution in [0.25, 0.3) is 0 Å². The van der Waals surface area contributed by atoms with Crippen molar-refractivity contribution in [2.75, 3.05) is 0 Å². The molecule has 0 aliphatic carbocycles. The van der Waals surface area contributed by atoms with Crippen molar-refractivity contribution in [3.8, 4) is 6.07 Å². The molecule has 1 amide bonds. The van der Waals surface area contributed by atoms with E-state index in [-0.39, 0.29) is 5.91 Å². The van der Waals surface area contributed by atoms with Gasteiger partial charge in [0.1, 0.15) is 5.92 Å². The van der Waals surface area contributed by atoms with Crippen LogP contribution in [0.1, 0.15) is 22.2 Å². The fourth-order valence-electron chi connectivity index (χ4n) is 1.70. The first-order valence-corrected chi connectivity index (χ1v) is 6.72. The summed E-state index contributed by atoms with van der Waals surface area (Å²) in [7, 11) is 0. The normalized spacial score (nSPS) is 11.6. The predicted octanol–water partition coefficient (Wildman–Crippen LogP) is 2.38. The van der Waals surface area contributed by atoms with E-state index in [2.05, 4.69) is 10.3 Å². The number of benzene rings is 1. The minimum absolute atomic E-state index is 0.292. The summed E-state index contributed by atoms with van der Waals surface area (Å²) in [6.45, 7) is 2.27. The molecule has 0 aliphatic rings. The third-order valence-corrected chi connectivity index (χ3v) is 3.46. The summed E-state index contributed by atoms with van der Waals surface area (Å²) >= 11 is 1.54. The Hall–Kier alpha value is -2.19. The van der Waals surface area contributed by atoms with Crippen LogP contribution in [0.4, 0.5) is 0 Å². The van der Waals surface area contributed by atoms with Crippen molar-refractivity contribution < 1.29 is 4.79 Å². The molecule has 0 spiro atoms. The van der Waals surface area contributed by atoms with E-state index in [1.807, 2.05) is 36.6 Å². The molecule has 0 aliphatic heterocycles. The highest BCUT2D eigenvalue weighted by Gasteiger charge is 2.19. The minimum Gasteiger partial charge on any atom is -0.349 e. The highest BCUT2D eigenvalue weighted by atomic mass is 32.1. The number of aryl methyl sites for hydroxylation is 1. The van der Waals surface area contributed by atoms with Gasteiger partial charge in [-0.1, -0.05) is 30.3 Å². The number of carbonyl (C=O) groups is 1. The van der Waals surface area contributed by atoms with Gasteiger partial charge in [0.05, 0.1) is 23.3 Å². The molecule has 19 heavy (non-hydrogen) atoms. The number of carbonyl (C=O) groups excluding carboxylic acids is 1. The molecule has 4 nitrogen and oxygen atoms in total. The van der Waals surface area contributed by atoms with Gasteiger partial charge in [-0.2, -0.15) is 5.26 Å². The largest absolute Gasteiger partial charge is 0.349 e. The Morgan fingerprint density at radius 2 is 2.21 bits per heavy atom. The van der Waals surface area contributed by atoms with Gasteiger partial charge >= 0.3 is 0 Å². The second-order valence-electron chi connectivity index (χ2n) is 4.05. The van der Waals surface area contributed by atoms with Crippen LogP contribution in [0.15, 0.2) is 35.7 Å². The van der Waals surface area contributed by atoms with Crippen LogP contribution in [0, 0.1) is 18.3 Å². The van der Waals surface area contributed by atoms with Gasteiger partial charge in [-0.3, -0.25) is 4.79 Å². The molecule has 2 rings (SSSR count). The molecule has 1 unspecified atom stereocenters. The van der Waals surface area contributed by atoms with E-state index in [9.17, 15) is 4.79 Å². The number of hydrogen-bond acceptors (Lipinski definition) is 4. The van der Waals surface area contributed by atoms with Crippen molar-refractivity contribution >= 4 is 17.2 Å². The highest BCUT2D eigenvalue weighted by Crippen LogP contribution is 2.15. The fourth-order valence-corrected chi connectivity index (χ4v) is 2.31. The lowest BCUT2D eigenvalue weighted by Crippen LogP contribution is -2.28. The van der Waals surface area contributed by atoms with E-state index in [1.165, 1.54) is 11.3 Å². The zero-order chi connectivity index (χ0) is 13.7. The van der Waals surface area contributed by atoms with Crippen LogP contribution in [0.5, 0.6) is 0 Å². The van der Waals surface area contributed by atoms with Gasteiger partial charge in [-0.25, -0.2) is 4.98 Å². The Morgan fingerprint density at radius 3 is 2.79 bits per heavy atom. The third kappa shape index (κ3) is 3.39. The molecule has 0 radical (unpaired) electrons. The number of thiazole rings is 1. The van der Waals surface area contributed by atoms with Gasteiger partial charge < -0.3 is 5.32 Å². The maximum Gasteiger partial charge on any atom is 0.242 e. The zero-order valence-electron chi connectivity index (χ0n) is 10.5. The van der Waals surface area contributed by atoms with Crippen LogP contribution in [0.3, 0.4) is 0 Å². The van der Waals surface area contributed by atoms with Crippen LogP contribution in [-0.2, 0) is 11.3 Å². The minimum atomic E-state index is -0.777. The first kappa shape index (κ1) is 13.2. The smallest absolute Gasteiger partial charge is 0.242 e. The monoisotopic (exact) mass is 271 g/mol. The van der Waals surface area contributed by atoms with E-state index >= 15 is 0 Å².